The van der Waals surface area contributed by atoms with E-state index in [1.807, 2.05) is 0 Å². The summed E-state index contributed by atoms with van der Waals surface area (Å²) in [5, 5.41) is 0.958. The second kappa shape index (κ2) is 5.40. The van der Waals surface area contributed by atoms with E-state index < -0.39 is 0 Å². The Morgan fingerprint density at radius 2 is 1.45 bits per heavy atom. The lowest BCUT2D eigenvalue weighted by Crippen LogP contribution is -2.62. The zero-order valence-electron chi connectivity index (χ0n) is 12.4. The lowest BCUT2D eigenvalue weighted by molar-refractivity contribution is -0.0257. The average Bonchev–Trinajstić information content (AvgIpc) is 2.42. The van der Waals surface area contributed by atoms with Crippen LogP contribution in [0, 0.1) is 17.8 Å². The summed E-state index contributed by atoms with van der Waals surface area (Å²) in [7, 11) is 0. The number of halogens is 2. The first-order valence-corrected chi connectivity index (χ1v) is 8.80. The summed E-state index contributed by atoms with van der Waals surface area (Å²) in [4.78, 5) is 12.4. The molecule has 0 aliphatic heterocycles. The number of hydrazine groups is 1. The number of nitrogens with one attached hydrogen (secondary N) is 2. The van der Waals surface area contributed by atoms with Gasteiger partial charge in [-0.15, -0.1) is 0 Å². The molecule has 4 aliphatic carbocycles. The summed E-state index contributed by atoms with van der Waals surface area (Å²) < 4.78 is 0. The van der Waals surface area contributed by atoms with Crippen LogP contribution in [-0.2, 0) is 0 Å². The van der Waals surface area contributed by atoms with Crippen LogP contribution in [0.5, 0.6) is 0 Å². The predicted molar refractivity (Wildman–Crippen MR) is 88.0 cm³/mol. The van der Waals surface area contributed by atoms with E-state index in [4.69, 9.17) is 23.2 Å². The Morgan fingerprint density at radius 3 is 1.95 bits per heavy atom. The van der Waals surface area contributed by atoms with Crippen molar-refractivity contribution >= 4 is 29.1 Å². The fraction of sp³-hybridized carbons (Fsp3) is 0.588. The van der Waals surface area contributed by atoms with E-state index in [0.717, 1.165) is 17.8 Å². The van der Waals surface area contributed by atoms with Crippen LogP contribution in [0.25, 0.3) is 0 Å². The van der Waals surface area contributed by atoms with Crippen LogP contribution in [0.1, 0.15) is 48.9 Å². The van der Waals surface area contributed by atoms with Crippen molar-refractivity contribution in [2.24, 2.45) is 17.8 Å². The highest BCUT2D eigenvalue weighted by Crippen LogP contribution is 2.55. The SMILES string of the molecule is O=C(NNC12CC3CC(CC(C3)C1)C2)c1cc(Cl)cc(Cl)c1. The van der Waals surface area contributed by atoms with Crippen molar-refractivity contribution in [3.63, 3.8) is 0 Å². The van der Waals surface area contributed by atoms with Gasteiger partial charge in [-0.05, 0) is 74.5 Å². The number of rotatable bonds is 3. The van der Waals surface area contributed by atoms with Gasteiger partial charge in [0.1, 0.15) is 0 Å². The quantitative estimate of drug-likeness (QED) is 0.811. The van der Waals surface area contributed by atoms with Crippen LogP contribution in [0.2, 0.25) is 10.0 Å². The topological polar surface area (TPSA) is 41.1 Å². The summed E-state index contributed by atoms with van der Waals surface area (Å²) in [6, 6.07) is 4.92. The van der Waals surface area contributed by atoms with Crippen LogP contribution >= 0.6 is 23.2 Å². The minimum atomic E-state index is -0.167. The molecule has 4 bridgehead atoms. The van der Waals surface area contributed by atoms with Crippen LogP contribution < -0.4 is 10.9 Å². The molecule has 118 valence electrons. The highest BCUT2D eigenvalue weighted by molar-refractivity contribution is 6.35. The summed E-state index contributed by atoms with van der Waals surface area (Å²) in [5.74, 6) is 2.36. The highest BCUT2D eigenvalue weighted by atomic mass is 35.5. The lowest BCUT2D eigenvalue weighted by atomic mass is 9.53. The maximum atomic E-state index is 12.4. The fourth-order valence-corrected chi connectivity index (χ4v) is 5.74. The Balaban J connectivity index is 1.45. The standard InChI is InChI=1S/C17H20Cl2N2O/c18-14-4-13(5-15(19)6-14)16(22)20-21-17-7-10-1-11(8-17)3-12(2-10)9-17/h4-6,10-12,21H,1-3,7-9H2,(H,20,22). The molecule has 0 saturated heterocycles. The summed E-state index contributed by atoms with van der Waals surface area (Å²) in [6.07, 6.45) is 7.73. The molecule has 1 aromatic rings. The van der Waals surface area contributed by atoms with Gasteiger partial charge in [0.15, 0.2) is 0 Å². The molecule has 4 aliphatic rings. The molecule has 3 nitrogen and oxygen atoms in total. The molecule has 0 heterocycles. The third-order valence-corrected chi connectivity index (χ3v) is 6.04. The molecule has 4 saturated carbocycles. The van der Waals surface area contributed by atoms with E-state index in [9.17, 15) is 4.79 Å². The number of amides is 1. The Bertz CT molecular complexity index is 561. The predicted octanol–water partition coefficient (Wildman–Crippen LogP) is 4.20. The first kappa shape index (κ1) is 14.8. The monoisotopic (exact) mass is 338 g/mol. The number of hydrogen-bond donors (Lipinski definition) is 2. The number of carbonyl (C=O) groups excluding carboxylic acids is 1. The fourth-order valence-electron chi connectivity index (χ4n) is 5.21. The maximum absolute atomic E-state index is 12.4. The summed E-state index contributed by atoms with van der Waals surface area (Å²) >= 11 is 11.9. The van der Waals surface area contributed by atoms with Crippen molar-refractivity contribution in [2.45, 2.75) is 44.1 Å². The molecule has 0 unspecified atom stereocenters. The van der Waals surface area contributed by atoms with Gasteiger partial charge in [-0.3, -0.25) is 10.2 Å². The van der Waals surface area contributed by atoms with Crippen molar-refractivity contribution in [3.05, 3.63) is 33.8 Å². The Labute approximate surface area is 140 Å². The van der Waals surface area contributed by atoms with E-state index in [-0.39, 0.29) is 11.4 Å². The number of carbonyl (C=O) groups is 1. The molecule has 2 N–H and O–H groups in total. The van der Waals surface area contributed by atoms with Gasteiger partial charge in [0.2, 0.25) is 0 Å². The molecule has 0 radical (unpaired) electrons. The molecule has 0 aromatic heterocycles. The van der Waals surface area contributed by atoms with Gasteiger partial charge < -0.3 is 0 Å². The molecular formula is C17H20Cl2N2O. The smallest absolute Gasteiger partial charge is 0.265 e. The van der Waals surface area contributed by atoms with Crippen molar-refractivity contribution in [3.8, 4) is 0 Å². The zero-order chi connectivity index (χ0) is 15.3. The highest BCUT2D eigenvalue weighted by Gasteiger charge is 2.51. The minimum absolute atomic E-state index is 0.104. The second-order valence-electron chi connectivity index (χ2n) is 7.44. The first-order valence-electron chi connectivity index (χ1n) is 8.05. The Kier molecular flexibility index (Phi) is 3.63. The average molecular weight is 339 g/mol. The minimum Gasteiger partial charge on any atom is -0.287 e. The molecule has 5 heteroatoms. The largest absolute Gasteiger partial charge is 0.287 e. The van der Waals surface area contributed by atoms with Crippen molar-refractivity contribution in [2.75, 3.05) is 0 Å². The lowest BCUT2D eigenvalue weighted by Gasteiger charge is -2.56. The third kappa shape index (κ3) is 2.75. The maximum Gasteiger partial charge on any atom is 0.265 e. The van der Waals surface area contributed by atoms with Gasteiger partial charge in [0.05, 0.1) is 0 Å². The van der Waals surface area contributed by atoms with Gasteiger partial charge in [-0.25, -0.2) is 5.43 Å². The van der Waals surface area contributed by atoms with Crippen molar-refractivity contribution in [1.82, 2.24) is 10.9 Å². The van der Waals surface area contributed by atoms with E-state index >= 15 is 0 Å². The van der Waals surface area contributed by atoms with Gasteiger partial charge in [0, 0.05) is 21.1 Å². The molecular weight excluding hydrogens is 319 g/mol. The van der Waals surface area contributed by atoms with Crippen molar-refractivity contribution < 1.29 is 4.79 Å². The van der Waals surface area contributed by atoms with Gasteiger partial charge in [-0.2, -0.15) is 0 Å². The van der Waals surface area contributed by atoms with E-state index in [1.165, 1.54) is 38.5 Å². The second-order valence-corrected chi connectivity index (χ2v) is 8.31. The molecule has 1 amide bonds. The van der Waals surface area contributed by atoms with Crippen LogP contribution in [0.15, 0.2) is 18.2 Å². The molecule has 5 rings (SSSR count). The van der Waals surface area contributed by atoms with Gasteiger partial charge >= 0.3 is 0 Å². The van der Waals surface area contributed by atoms with Crippen molar-refractivity contribution in [1.29, 1.82) is 0 Å². The van der Waals surface area contributed by atoms with E-state index in [1.54, 1.807) is 18.2 Å². The Morgan fingerprint density at radius 1 is 0.955 bits per heavy atom. The van der Waals surface area contributed by atoms with Crippen LogP contribution in [0.3, 0.4) is 0 Å². The van der Waals surface area contributed by atoms with E-state index in [0.29, 0.717) is 15.6 Å². The first-order chi connectivity index (χ1) is 10.5. The summed E-state index contributed by atoms with van der Waals surface area (Å²) in [6.45, 7) is 0. The third-order valence-electron chi connectivity index (χ3n) is 5.60. The Hall–Kier alpha value is -0.770. The zero-order valence-corrected chi connectivity index (χ0v) is 13.9. The summed E-state index contributed by atoms with van der Waals surface area (Å²) in [5.41, 5.74) is 6.88. The molecule has 4 fully saturated rings. The van der Waals surface area contributed by atoms with Crippen LogP contribution in [-0.4, -0.2) is 11.4 Å². The molecule has 22 heavy (non-hydrogen) atoms. The van der Waals surface area contributed by atoms with Gasteiger partial charge in [0.25, 0.3) is 5.91 Å². The molecule has 0 atom stereocenters. The molecule has 1 aromatic carbocycles. The number of hydrogen-bond acceptors (Lipinski definition) is 2. The van der Waals surface area contributed by atoms with E-state index in [2.05, 4.69) is 10.9 Å². The molecule has 0 spiro atoms. The normalized spacial score (nSPS) is 35.6. The number of benzene rings is 1. The van der Waals surface area contributed by atoms with Crippen LogP contribution in [0.4, 0.5) is 0 Å². The van der Waals surface area contributed by atoms with Gasteiger partial charge in [-0.1, -0.05) is 23.2 Å².